The Hall–Kier alpha value is -9.44. The number of hydrogen-bond acceptors (Lipinski definition) is 2. The van der Waals surface area contributed by atoms with Gasteiger partial charge in [0.05, 0.1) is 16.7 Å². The second-order valence-electron chi connectivity index (χ2n) is 18.4. The zero-order valence-electron chi connectivity index (χ0n) is 38.7. The van der Waals surface area contributed by atoms with Crippen LogP contribution in [0.1, 0.15) is 0 Å². The molecule has 3 nitrogen and oxygen atoms in total. The molecule has 3 heteroatoms. The number of anilines is 3. The third kappa shape index (κ3) is 6.89. The van der Waals surface area contributed by atoms with E-state index in [0.717, 1.165) is 66.9 Å². The van der Waals surface area contributed by atoms with Crippen LogP contribution in [0, 0.1) is 0 Å². The zero-order valence-corrected chi connectivity index (χ0v) is 38.7. The van der Waals surface area contributed by atoms with Crippen LogP contribution in [-0.2, 0) is 0 Å². The van der Waals surface area contributed by atoms with Gasteiger partial charge in [-0.3, -0.25) is 0 Å². The van der Waals surface area contributed by atoms with Crippen molar-refractivity contribution in [2.75, 3.05) is 4.90 Å². The van der Waals surface area contributed by atoms with Crippen LogP contribution < -0.4 is 4.90 Å². The van der Waals surface area contributed by atoms with E-state index in [-0.39, 0.29) is 0 Å². The summed E-state index contributed by atoms with van der Waals surface area (Å²) in [6.45, 7) is 0. The van der Waals surface area contributed by atoms with Crippen molar-refractivity contribution in [3.8, 4) is 50.2 Å². The van der Waals surface area contributed by atoms with Gasteiger partial charge in [-0.05, 0) is 139 Å². The molecule has 0 radical (unpaired) electrons. The predicted octanol–water partition coefficient (Wildman–Crippen LogP) is 19.1. The van der Waals surface area contributed by atoms with Crippen LogP contribution in [0.2, 0.25) is 0 Å². The monoisotopic (exact) mass is 904 g/mol. The summed E-state index contributed by atoms with van der Waals surface area (Å²) in [5, 5.41) is 9.80. The van der Waals surface area contributed by atoms with E-state index in [1.807, 2.05) is 12.1 Å². The molecular formula is C68H44N2O. The summed E-state index contributed by atoms with van der Waals surface area (Å²) in [4.78, 5) is 2.39. The molecule has 332 valence electrons. The molecule has 14 rings (SSSR count). The highest BCUT2D eigenvalue weighted by molar-refractivity contribution is 6.14. The average Bonchev–Trinajstić information content (AvgIpc) is 3.99. The molecule has 0 aliphatic heterocycles. The molecule has 0 unspecified atom stereocenters. The molecule has 0 saturated carbocycles. The first-order chi connectivity index (χ1) is 35.2. The molecule has 0 aliphatic rings. The van der Waals surface area contributed by atoms with Crippen LogP contribution in [0.25, 0.3) is 115 Å². The zero-order chi connectivity index (χ0) is 46.8. The fraction of sp³-hybridized carbons (Fsp3) is 0. The Morgan fingerprint density at radius 3 is 1.52 bits per heavy atom. The van der Waals surface area contributed by atoms with Gasteiger partial charge in [-0.15, -0.1) is 0 Å². The number of benzene rings is 12. The van der Waals surface area contributed by atoms with Crippen molar-refractivity contribution in [3.05, 3.63) is 267 Å². The Kier molecular flexibility index (Phi) is 9.53. The molecule has 0 atom stereocenters. The van der Waals surface area contributed by atoms with Gasteiger partial charge in [0.25, 0.3) is 0 Å². The van der Waals surface area contributed by atoms with Crippen molar-refractivity contribution in [2.24, 2.45) is 0 Å². The number of aromatic nitrogens is 1. The Bertz CT molecular complexity index is 4280. The largest absolute Gasteiger partial charge is 0.456 e. The molecule has 0 amide bonds. The van der Waals surface area contributed by atoms with E-state index in [1.165, 1.54) is 65.6 Å². The maximum atomic E-state index is 6.42. The van der Waals surface area contributed by atoms with Gasteiger partial charge in [-0.2, -0.15) is 0 Å². The van der Waals surface area contributed by atoms with Gasteiger partial charge in [0.2, 0.25) is 0 Å². The first-order valence-corrected chi connectivity index (χ1v) is 24.3. The van der Waals surface area contributed by atoms with Gasteiger partial charge in [0, 0.05) is 44.2 Å². The Labute approximate surface area is 411 Å². The average molecular weight is 905 g/mol. The SMILES string of the molecule is c1cc(-c2ccc(-c3ccc(N(c4ccc(-c5cc6ccccc6c6ccccc56)cc4)c4ccccc4-c4ccc5c(c4)oc4ccccc45)cc3)cc2)cc(-n2c3ccccc3c3ccccc32)c1. The van der Waals surface area contributed by atoms with Crippen LogP contribution in [0.3, 0.4) is 0 Å². The fourth-order valence-corrected chi connectivity index (χ4v) is 11.0. The van der Waals surface area contributed by atoms with Crippen molar-refractivity contribution < 1.29 is 4.42 Å². The summed E-state index contributed by atoms with van der Waals surface area (Å²) in [7, 11) is 0. The van der Waals surface area contributed by atoms with Crippen LogP contribution in [0.4, 0.5) is 17.1 Å². The normalized spacial score (nSPS) is 11.7. The van der Waals surface area contributed by atoms with Crippen molar-refractivity contribution in [1.29, 1.82) is 0 Å². The first kappa shape index (κ1) is 40.6. The summed E-state index contributed by atoms with van der Waals surface area (Å²) in [6, 6.07) is 96.7. The molecule has 0 N–H and O–H groups in total. The summed E-state index contributed by atoms with van der Waals surface area (Å²) in [6.07, 6.45) is 0. The van der Waals surface area contributed by atoms with Crippen LogP contribution in [0.5, 0.6) is 0 Å². The van der Waals surface area contributed by atoms with E-state index < -0.39 is 0 Å². The molecule has 0 bridgehead atoms. The van der Waals surface area contributed by atoms with E-state index >= 15 is 0 Å². The maximum Gasteiger partial charge on any atom is 0.136 e. The van der Waals surface area contributed by atoms with E-state index in [9.17, 15) is 0 Å². The lowest BCUT2D eigenvalue weighted by atomic mass is 9.93. The second kappa shape index (κ2) is 16.7. The third-order valence-electron chi connectivity index (χ3n) is 14.4. The number of rotatable bonds is 8. The number of fused-ring (bicyclic) bond motifs is 9. The molecule has 0 fully saturated rings. The van der Waals surface area contributed by atoms with Gasteiger partial charge >= 0.3 is 0 Å². The first-order valence-electron chi connectivity index (χ1n) is 24.3. The lowest BCUT2D eigenvalue weighted by molar-refractivity contribution is 0.669. The highest BCUT2D eigenvalue weighted by Crippen LogP contribution is 2.44. The molecule has 0 saturated heterocycles. The van der Waals surface area contributed by atoms with Gasteiger partial charge in [0.15, 0.2) is 0 Å². The molecule has 2 heterocycles. The van der Waals surface area contributed by atoms with Gasteiger partial charge in [-0.1, -0.05) is 188 Å². The summed E-state index contributed by atoms with van der Waals surface area (Å²) in [5.74, 6) is 0. The standard InChI is InChI=1S/C68H44N2O/c1-2-17-55-50(14-1)43-63(58-20-4-3-19-57(55)58)48-34-39-53(40-35-48)69(64-24-9-5-18-56(64)51-36-41-62-61-23-8-12-27-67(61)71-68(62)44-51)52-37-32-46(33-38-52)45-28-30-47(31-29-45)49-15-13-16-54(42-49)70-65-25-10-6-21-59(65)60-22-7-11-26-66(60)70/h1-44H. The highest BCUT2D eigenvalue weighted by atomic mass is 16.3. The van der Waals surface area contributed by atoms with E-state index in [4.69, 9.17) is 4.42 Å². The van der Waals surface area contributed by atoms with Crippen LogP contribution in [-0.4, -0.2) is 4.57 Å². The molecule has 71 heavy (non-hydrogen) atoms. The smallest absolute Gasteiger partial charge is 0.136 e. The predicted molar refractivity (Wildman–Crippen MR) is 299 cm³/mol. The minimum atomic E-state index is 0.878. The van der Waals surface area contributed by atoms with Gasteiger partial charge < -0.3 is 13.9 Å². The van der Waals surface area contributed by atoms with Gasteiger partial charge in [-0.25, -0.2) is 0 Å². The summed E-state index contributed by atoms with van der Waals surface area (Å²) in [5.41, 5.74) is 17.8. The number of hydrogen-bond donors (Lipinski definition) is 0. The fourth-order valence-electron chi connectivity index (χ4n) is 11.0. The van der Waals surface area contributed by atoms with Crippen LogP contribution >= 0.6 is 0 Å². The van der Waals surface area contributed by atoms with Crippen molar-refractivity contribution in [2.45, 2.75) is 0 Å². The van der Waals surface area contributed by atoms with E-state index in [1.54, 1.807) is 0 Å². The number of para-hydroxylation sites is 4. The Balaban J connectivity index is 0.834. The van der Waals surface area contributed by atoms with Gasteiger partial charge in [0.1, 0.15) is 11.2 Å². The Morgan fingerprint density at radius 2 is 0.803 bits per heavy atom. The minimum Gasteiger partial charge on any atom is -0.456 e. The minimum absolute atomic E-state index is 0.878. The lowest BCUT2D eigenvalue weighted by Gasteiger charge is -2.28. The topological polar surface area (TPSA) is 21.3 Å². The lowest BCUT2D eigenvalue weighted by Crippen LogP contribution is -2.11. The summed E-state index contributed by atoms with van der Waals surface area (Å²) < 4.78 is 8.80. The van der Waals surface area contributed by atoms with Crippen molar-refractivity contribution in [1.82, 2.24) is 4.57 Å². The molecule has 0 aliphatic carbocycles. The number of furan rings is 1. The molecule has 0 spiro atoms. The maximum absolute atomic E-state index is 6.42. The molecule has 14 aromatic rings. The number of nitrogens with zero attached hydrogens (tertiary/aromatic N) is 2. The highest BCUT2D eigenvalue weighted by Gasteiger charge is 2.20. The van der Waals surface area contributed by atoms with Crippen molar-refractivity contribution >= 4 is 82.4 Å². The quantitative estimate of drug-likeness (QED) is 0.142. The third-order valence-corrected chi connectivity index (χ3v) is 14.4. The van der Waals surface area contributed by atoms with Crippen LogP contribution in [0.15, 0.2) is 271 Å². The van der Waals surface area contributed by atoms with E-state index in [2.05, 4.69) is 264 Å². The van der Waals surface area contributed by atoms with E-state index in [0.29, 0.717) is 0 Å². The molecule has 12 aromatic carbocycles. The Morgan fingerprint density at radius 1 is 0.282 bits per heavy atom. The summed E-state index contributed by atoms with van der Waals surface area (Å²) >= 11 is 0. The molecule has 2 aromatic heterocycles. The second-order valence-corrected chi connectivity index (χ2v) is 18.4. The molecular weight excluding hydrogens is 861 g/mol. The van der Waals surface area contributed by atoms with Crippen molar-refractivity contribution in [3.63, 3.8) is 0 Å².